The smallest absolute Gasteiger partial charge is 0.252 e. The second-order valence-electron chi connectivity index (χ2n) is 5.82. The summed E-state index contributed by atoms with van der Waals surface area (Å²) >= 11 is 4.76. The molecular formula is C20H17BrN2O2S. The Morgan fingerprint density at radius 1 is 1.12 bits per heavy atom. The monoisotopic (exact) mass is 428 g/mol. The number of halogens is 1. The van der Waals surface area contributed by atoms with Crippen LogP contribution in [0.25, 0.3) is 11.1 Å². The number of hydrogen-bond donors (Lipinski definition) is 2. The van der Waals surface area contributed by atoms with Crippen molar-refractivity contribution >= 4 is 44.1 Å². The first-order chi connectivity index (χ1) is 12.5. The minimum Gasteiger partial charge on any atom is -0.365 e. The molecule has 0 aliphatic rings. The zero-order chi connectivity index (χ0) is 18.7. The van der Waals surface area contributed by atoms with Gasteiger partial charge in [-0.05, 0) is 30.2 Å². The fraction of sp³-hybridized carbons (Fsp3) is 0.100. The predicted octanol–water partition coefficient (Wildman–Crippen LogP) is 4.77. The molecule has 132 valence electrons. The number of thiophene rings is 1. The number of aryl methyl sites for hydroxylation is 1. The van der Waals surface area contributed by atoms with Crippen molar-refractivity contribution in [1.29, 1.82) is 0 Å². The molecule has 3 rings (SSSR count). The van der Waals surface area contributed by atoms with Gasteiger partial charge in [0.2, 0.25) is 5.91 Å². The van der Waals surface area contributed by atoms with Crippen molar-refractivity contribution in [2.24, 2.45) is 5.73 Å². The maximum Gasteiger partial charge on any atom is 0.252 e. The number of carbonyl (C=O) groups excluding carboxylic acids is 2. The molecule has 0 aliphatic heterocycles. The largest absolute Gasteiger partial charge is 0.365 e. The Morgan fingerprint density at radius 3 is 2.50 bits per heavy atom. The van der Waals surface area contributed by atoms with Crippen molar-refractivity contribution in [3.63, 3.8) is 0 Å². The standard InChI is InChI=1S/C20H17BrN2O2S/c1-12-17(14-7-3-2-4-8-14)18(19(22)25)20(26-12)23-16(24)11-13-6-5-9-15(21)10-13/h2-10H,11H2,1H3,(H2,22,25)(H,23,24). The number of primary amides is 1. The summed E-state index contributed by atoms with van der Waals surface area (Å²) in [6.45, 7) is 1.92. The van der Waals surface area contributed by atoms with Crippen LogP contribution in [0.5, 0.6) is 0 Å². The average Bonchev–Trinajstić information content (AvgIpc) is 2.91. The molecule has 3 aromatic rings. The molecule has 4 nitrogen and oxygen atoms in total. The van der Waals surface area contributed by atoms with E-state index in [-0.39, 0.29) is 12.3 Å². The first-order valence-electron chi connectivity index (χ1n) is 7.98. The van der Waals surface area contributed by atoms with Crippen LogP contribution in [0.1, 0.15) is 20.8 Å². The topological polar surface area (TPSA) is 72.2 Å². The van der Waals surface area contributed by atoms with Gasteiger partial charge in [-0.25, -0.2) is 0 Å². The van der Waals surface area contributed by atoms with E-state index in [2.05, 4.69) is 21.2 Å². The number of nitrogens with two attached hydrogens (primary N) is 1. The highest BCUT2D eigenvalue weighted by molar-refractivity contribution is 9.10. The van der Waals surface area contributed by atoms with Crippen molar-refractivity contribution in [3.8, 4) is 11.1 Å². The van der Waals surface area contributed by atoms with Gasteiger partial charge in [0.15, 0.2) is 0 Å². The second kappa shape index (κ2) is 7.85. The molecule has 0 aliphatic carbocycles. The van der Waals surface area contributed by atoms with Gasteiger partial charge >= 0.3 is 0 Å². The van der Waals surface area contributed by atoms with Crippen LogP contribution < -0.4 is 11.1 Å². The van der Waals surface area contributed by atoms with Crippen LogP contribution in [0.4, 0.5) is 5.00 Å². The first kappa shape index (κ1) is 18.4. The van der Waals surface area contributed by atoms with Crippen LogP contribution >= 0.6 is 27.3 Å². The second-order valence-corrected chi connectivity index (χ2v) is 7.96. The van der Waals surface area contributed by atoms with Crippen molar-refractivity contribution in [1.82, 2.24) is 0 Å². The van der Waals surface area contributed by atoms with E-state index in [4.69, 9.17) is 5.73 Å². The van der Waals surface area contributed by atoms with Crippen LogP contribution in [-0.2, 0) is 11.2 Å². The number of nitrogens with one attached hydrogen (secondary N) is 1. The zero-order valence-electron chi connectivity index (χ0n) is 14.1. The molecule has 2 amide bonds. The lowest BCUT2D eigenvalue weighted by Crippen LogP contribution is -2.18. The fourth-order valence-corrected chi connectivity index (χ4v) is 4.37. The number of benzene rings is 2. The molecule has 0 saturated heterocycles. The lowest BCUT2D eigenvalue weighted by Gasteiger charge is -2.07. The Labute approximate surface area is 164 Å². The van der Waals surface area contributed by atoms with E-state index < -0.39 is 5.91 Å². The normalized spacial score (nSPS) is 10.5. The van der Waals surface area contributed by atoms with Gasteiger partial charge in [0.1, 0.15) is 5.00 Å². The summed E-state index contributed by atoms with van der Waals surface area (Å²) in [4.78, 5) is 25.5. The quantitative estimate of drug-likeness (QED) is 0.614. The van der Waals surface area contributed by atoms with Crippen LogP contribution in [0.15, 0.2) is 59.1 Å². The molecule has 1 heterocycles. The van der Waals surface area contributed by atoms with Gasteiger partial charge in [0, 0.05) is 14.9 Å². The third-order valence-electron chi connectivity index (χ3n) is 3.90. The van der Waals surface area contributed by atoms with E-state index in [1.165, 1.54) is 11.3 Å². The summed E-state index contributed by atoms with van der Waals surface area (Å²) in [5.74, 6) is -0.738. The highest BCUT2D eigenvalue weighted by Crippen LogP contribution is 2.39. The average molecular weight is 429 g/mol. The predicted molar refractivity (Wildman–Crippen MR) is 109 cm³/mol. The molecule has 1 aromatic heterocycles. The lowest BCUT2D eigenvalue weighted by molar-refractivity contribution is -0.115. The number of rotatable bonds is 5. The van der Waals surface area contributed by atoms with Gasteiger partial charge < -0.3 is 11.1 Å². The lowest BCUT2D eigenvalue weighted by atomic mass is 10.0. The Balaban J connectivity index is 1.91. The van der Waals surface area contributed by atoms with Crippen molar-refractivity contribution in [3.05, 3.63) is 75.1 Å². The van der Waals surface area contributed by atoms with Gasteiger partial charge in [0.25, 0.3) is 5.91 Å². The van der Waals surface area contributed by atoms with Crippen molar-refractivity contribution in [2.45, 2.75) is 13.3 Å². The van der Waals surface area contributed by atoms with Crippen LogP contribution in [-0.4, -0.2) is 11.8 Å². The number of carbonyl (C=O) groups is 2. The Morgan fingerprint density at radius 2 is 1.85 bits per heavy atom. The summed E-state index contributed by atoms with van der Waals surface area (Å²) < 4.78 is 0.916. The molecule has 0 atom stereocenters. The van der Waals surface area contributed by atoms with Crippen molar-refractivity contribution in [2.75, 3.05) is 5.32 Å². The molecule has 26 heavy (non-hydrogen) atoms. The van der Waals surface area contributed by atoms with Gasteiger partial charge in [-0.1, -0.05) is 58.4 Å². The minimum atomic E-state index is -0.550. The molecule has 0 radical (unpaired) electrons. The molecule has 0 spiro atoms. The molecular weight excluding hydrogens is 412 g/mol. The maximum absolute atomic E-state index is 12.5. The molecule has 3 N–H and O–H groups in total. The van der Waals surface area contributed by atoms with E-state index in [1.807, 2.05) is 61.5 Å². The van der Waals surface area contributed by atoms with E-state index in [0.717, 1.165) is 26.0 Å². The molecule has 0 bridgehead atoms. The van der Waals surface area contributed by atoms with E-state index in [0.29, 0.717) is 10.6 Å². The van der Waals surface area contributed by atoms with Gasteiger partial charge in [-0.15, -0.1) is 11.3 Å². The summed E-state index contributed by atoms with van der Waals surface area (Å²) in [6.07, 6.45) is 0.218. The molecule has 0 saturated carbocycles. The Hall–Kier alpha value is -2.44. The number of amides is 2. The van der Waals surface area contributed by atoms with Crippen LogP contribution in [0.2, 0.25) is 0 Å². The number of anilines is 1. The minimum absolute atomic E-state index is 0.188. The van der Waals surface area contributed by atoms with Gasteiger partial charge in [-0.3, -0.25) is 9.59 Å². The van der Waals surface area contributed by atoms with Crippen LogP contribution in [0.3, 0.4) is 0 Å². The highest BCUT2D eigenvalue weighted by Gasteiger charge is 2.22. The van der Waals surface area contributed by atoms with Crippen LogP contribution in [0, 0.1) is 6.92 Å². The Bertz CT molecular complexity index is 967. The fourth-order valence-electron chi connectivity index (χ4n) is 2.82. The van der Waals surface area contributed by atoms with Gasteiger partial charge in [0.05, 0.1) is 12.0 Å². The SMILES string of the molecule is Cc1sc(NC(=O)Cc2cccc(Br)c2)c(C(N)=O)c1-c1ccccc1. The molecule has 6 heteroatoms. The summed E-state index contributed by atoms with van der Waals surface area (Å²) in [5.41, 5.74) is 8.55. The van der Waals surface area contributed by atoms with E-state index in [9.17, 15) is 9.59 Å². The third-order valence-corrected chi connectivity index (χ3v) is 5.41. The molecule has 0 unspecified atom stereocenters. The summed E-state index contributed by atoms with van der Waals surface area (Å²) in [6, 6.07) is 17.1. The third kappa shape index (κ3) is 4.03. The van der Waals surface area contributed by atoms with Crippen molar-refractivity contribution < 1.29 is 9.59 Å². The first-order valence-corrected chi connectivity index (χ1v) is 9.59. The van der Waals surface area contributed by atoms with E-state index >= 15 is 0 Å². The Kier molecular flexibility index (Phi) is 5.54. The van der Waals surface area contributed by atoms with E-state index in [1.54, 1.807) is 0 Å². The molecule has 2 aromatic carbocycles. The molecule has 0 fully saturated rings. The maximum atomic E-state index is 12.5. The van der Waals surface area contributed by atoms with Gasteiger partial charge in [-0.2, -0.15) is 0 Å². The summed E-state index contributed by atoms with van der Waals surface area (Å²) in [5, 5.41) is 3.35. The number of hydrogen-bond acceptors (Lipinski definition) is 3. The zero-order valence-corrected chi connectivity index (χ0v) is 16.5. The summed E-state index contributed by atoms with van der Waals surface area (Å²) in [7, 11) is 0. The highest BCUT2D eigenvalue weighted by atomic mass is 79.9.